The van der Waals surface area contributed by atoms with Gasteiger partial charge >= 0.3 is 6.03 Å². The number of halogens is 2. The van der Waals surface area contributed by atoms with E-state index in [1.165, 1.54) is 6.20 Å². The Hall–Kier alpha value is -2.76. The summed E-state index contributed by atoms with van der Waals surface area (Å²) in [5, 5.41) is 12.1. The van der Waals surface area contributed by atoms with Gasteiger partial charge in [0.25, 0.3) is 5.92 Å². The molecule has 1 saturated heterocycles. The zero-order valence-electron chi connectivity index (χ0n) is 18.0. The first-order chi connectivity index (χ1) is 15.2. The molecule has 4 rings (SSSR count). The van der Waals surface area contributed by atoms with E-state index in [-0.39, 0.29) is 17.0 Å². The van der Waals surface area contributed by atoms with Crippen LogP contribution in [0.5, 0.6) is 0 Å². The van der Waals surface area contributed by atoms with Crippen molar-refractivity contribution >= 4 is 11.9 Å². The topological polar surface area (TPSA) is 112 Å². The molecule has 0 aromatic carbocycles. The molecule has 9 heteroatoms. The maximum Gasteiger partial charge on any atom is 0.314 e. The largest absolute Gasteiger partial charge is 0.351 e. The lowest BCUT2D eigenvalue weighted by Crippen LogP contribution is -2.56. The summed E-state index contributed by atoms with van der Waals surface area (Å²) >= 11 is 0. The average Bonchev–Trinajstić information content (AvgIpc) is 3.52. The van der Waals surface area contributed by atoms with E-state index in [2.05, 4.69) is 16.4 Å². The summed E-state index contributed by atoms with van der Waals surface area (Å²) in [6.07, 6.45) is 4.31. The minimum Gasteiger partial charge on any atom is -0.351 e. The molecule has 172 valence electrons. The zero-order valence-corrected chi connectivity index (χ0v) is 18.0. The molecule has 1 unspecified atom stereocenters. The van der Waals surface area contributed by atoms with E-state index in [4.69, 9.17) is 5.73 Å². The first-order valence-electron chi connectivity index (χ1n) is 11.2. The van der Waals surface area contributed by atoms with Gasteiger partial charge in [0, 0.05) is 37.3 Å². The molecular weight excluding hydrogens is 416 g/mol. The standard InChI is InChI=1S/C23H29F2N5O2/c24-23(25,13-16-3-1-2-10-28-16)14-17(19(31)29-22(15-26)6-7-22)18-4-5-21(18)8-11-30(12-9-21)20(27)32/h1-3,10,17-18H,4-9,11-14H2,(H2,27,32)(H,29,31)/t17-,18?/m0/s1. The highest BCUT2D eigenvalue weighted by atomic mass is 19.3. The van der Waals surface area contributed by atoms with E-state index in [0.29, 0.717) is 45.2 Å². The minimum atomic E-state index is -3.11. The normalized spacial score (nSPS) is 24.2. The van der Waals surface area contributed by atoms with E-state index in [0.717, 1.165) is 6.42 Å². The molecule has 7 nitrogen and oxygen atoms in total. The maximum absolute atomic E-state index is 15.1. The van der Waals surface area contributed by atoms with Crippen molar-refractivity contribution in [3.8, 4) is 6.07 Å². The summed E-state index contributed by atoms with van der Waals surface area (Å²) in [6.45, 7) is 0.958. The summed E-state index contributed by atoms with van der Waals surface area (Å²) in [4.78, 5) is 30.3. The Morgan fingerprint density at radius 3 is 2.50 bits per heavy atom. The van der Waals surface area contributed by atoms with Gasteiger partial charge < -0.3 is 16.0 Å². The third-order valence-electron chi connectivity index (χ3n) is 7.64. The average molecular weight is 446 g/mol. The summed E-state index contributed by atoms with van der Waals surface area (Å²) in [5.74, 6) is -4.66. The molecule has 1 spiro atoms. The van der Waals surface area contributed by atoms with Crippen molar-refractivity contribution in [1.82, 2.24) is 15.2 Å². The van der Waals surface area contributed by atoms with Gasteiger partial charge in [-0.3, -0.25) is 9.78 Å². The lowest BCUT2D eigenvalue weighted by molar-refractivity contribution is -0.144. The van der Waals surface area contributed by atoms with Gasteiger partial charge in [0.15, 0.2) is 0 Å². The second-order valence-corrected chi connectivity index (χ2v) is 9.68. The predicted octanol–water partition coefficient (Wildman–Crippen LogP) is 3.01. The van der Waals surface area contributed by atoms with Crippen LogP contribution in [0.25, 0.3) is 0 Å². The van der Waals surface area contributed by atoms with Crippen LogP contribution >= 0.6 is 0 Å². The number of rotatable bonds is 7. The van der Waals surface area contributed by atoms with Gasteiger partial charge in [0.2, 0.25) is 5.91 Å². The monoisotopic (exact) mass is 445 g/mol. The number of alkyl halides is 2. The lowest BCUT2D eigenvalue weighted by Gasteiger charge is -2.56. The summed E-state index contributed by atoms with van der Waals surface area (Å²) < 4.78 is 30.3. The molecule has 1 aromatic heterocycles. The van der Waals surface area contributed by atoms with E-state index in [1.54, 1.807) is 23.1 Å². The summed E-state index contributed by atoms with van der Waals surface area (Å²) in [7, 11) is 0. The molecule has 2 aliphatic carbocycles. The van der Waals surface area contributed by atoms with Gasteiger partial charge in [0.05, 0.1) is 12.5 Å². The van der Waals surface area contributed by atoms with Crippen molar-refractivity contribution in [3.05, 3.63) is 30.1 Å². The SMILES string of the molecule is N#CC1(NC(=O)[C@@H](CC(F)(F)Cc2ccccn2)C2CCC23CCN(C(N)=O)CC3)CC1. The molecule has 3 fully saturated rings. The number of nitrogens with two attached hydrogens (primary N) is 1. The van der Waals surface area contributed by atoms with Crippen LogP contribution in [0.4, 0.5) is 13.6 Å². The number of nitrogens with one attached hydrogen (secondary N) is 1. The van der Waals surface area contributed by atoms with Crippen LogP contribution in [0.3, 0.4) is 0 Å². The maximum atomic E-state index is 15.1. The molecule has 2 saturated carbocycles. The Morgan fingerprint density at radius 2 is 2.00 bits per heavy atom. The Morgan fingerprint density at radius 1 is 1.28 bits per heavy atom. The third kappa shape index (κ3) is 4.54. The van der Waals surface area contributed by atoms with Crippen LogP contribution in [0, 0.1) is 28.6 Å². The quantitative estimate of drug-likeness (QED) is 0.672. The minimum absolute atomic E-state index is 0.207. The number of hydrogen-bond acceptors (Lipinski definition) is 4. The van der Waals surface area contributed by atoms with Crippen LogP contribution in [0.15, 0.2) is 24.4 Å². The summed E-state index contributed by atoms with van der Waals surface area (Å²) in [5.41, 5.74) is 4.53. The zero-order chi connectivity index (χ0) is 23.0. The lowest BCUT2D eigenvalue weighted by atomic mass is 9.51. The number of likely N-dealkylation sites (tertiary alicyclic amines) is 1. The number of piperidine rings is 1. The number of carbonyl (C=O) groups excluding carboxylic acids is 2. The number of amides is 3. The van der Waals surface area contributed by atoms with Crippen molar-refractivity contribution in [2.24, 2.45) is 23.0 Å². The van der Waals surface area contributed by atoms with Crippen molar-refractivity contribution in [1.29, 1.82) is 5.26 Å². The van der Waals surface area contributed by atoms with Crippen LogP contribution in [0.1, 0.15) is 50.6 Å². The second-order valence-electron chi connectivity index (χ2n) is 9.68. The van der Waals surface area contributed by atoms with Gasteiger partial charge in [-0.2, -0.15) is 5.26 Å². The first-order valence-corrected chi connectivity index (χ1v) is 11.2. The highest BCUT2D eigenvalue weighted by Crippen LogP contribution is 2.58. The summed E-state index contributed by atoms with van der Waals surface area (Å²) in [6, 6.07) is 6.54. The number of carbonyl (C=O) groups is 2. The Balaban J connectivity index is 1.52. The molecule has 0 bridgehead atoms. The van der Waals surface area contributed by atoms with Crippen LogP contribution < -0.4 is 11.1 Å². The number of urea groups is 1. The molecule has 3 aliphatic rings. The Bertz CT molecular complexity index is 905. The molecule has 32 heavy (non-hydrogen) atoms. The fourth-order valence-corrected chi connectivity index (χ4v) is 5.44. The molecule has 2 heterocycles. The van der Waals surface area contributed by atoms with Crippen molar-refractivity contribution in [2.75, 3.05) is 13.1 Å². The first kappa shape index (κ1) is 22.4. The fourth-order valence-electron chi connectivity index (χ4n) is 5.44. The Kier molecular flexibility index (Phi) is 5.82. The molecule has 0 radical (unpaired) electrons. The third-order valence-corrected chi connectivity index (χ3v) is 7.64. The number of nitrogens with zero attached hydrogens (tertiary/aromatic N) is 3. The van der Waals surface area contributed by atoms with Crippen LogP contribution in [-0.4, -0.2) is 46.4 Å². The number of hydrogen-bond donors (Lipinski definition) is 2. The van der Waals surface area contributed by atoms with Gasteiger partial charge in [0.1, 0.15) is 5.54 Å². The van der Waals surface area contributed by atoms with Gasteiger partial charge in [-0.15, -0.1) is 0 Å². The van der Waals surface area contributed by atoms with E-state index >= 15 is 8.78 Å². The molecule has 3 N–H and O–H groups in total. The van der Waals surface area contributed by atoms with E-state index < -0.39 is 42.2 Å². The van der Waals surface area contributed by atoms with Crippen LogP contribution in [-0.2, 0) is 11.2 Å². The van der Waals surface area contributed by atoms with E-state index in [1.807, 2.05) is 0 Å². The van der Waals surface area contributed by atoms with Gasteiger partial charge in [-0.1, -0.05) is 6.07 Å². The van der Waals surface area contributed by atoms with Crippen molar-refractivity contribution in [3.63, 3.8) is 0 Å². The highest BCUT2D eigenvalue weighted by Gasteiger charge is 2.56. The number of pyridine rings is 1. The number of primary amides is 1. The molecular formula is C23H29F2N5O2. The molecule has 1 aromatic rings. The smallest absolute Gasteiger partial charge is 0.314 e. The number of nitriles is 1. The molecule has 2 atom stereocenters. The van der Waals surface area contributed by atoms with Crippen molar-refractivity contribution < 1.29 is 18.4 Å². The fraction of sp³-hybridized carbons (Fsp3) is 0.652. The molecule has 3 amide bonds. The number of aromatic nitrogens is 1. The highest BCUT2D eigenvalue weighted by molar-refractivity contribution is 5.81. The van der Waals surface area contributed by atoms with Crippen LogP contribution in [0.2, 0.25) is 0 Å². The van der Waals surface area contributed by atoms with Gasteiger partial charge in [-0.25, -0.2) is 13.6 Å². The predicted molar refractivity (Wildman–Crippen MR) is 112 cm³/mol. The van der Waals surface area contributed by atoms with Crippen molar-refractivity contribution in [2.45, 2.75) is 62.8 Å². The Labute approximate surface area is 186 Å². The van der Waals surface area contributed by atoms with Gasteiger partial charge in [-0.05, 0) is 62.0 Å². The molecule has 1 aliphatic heterocycles. The van der Waals surface area contributed by atoms with E-state index in [9.17, 15) is 14.9 Å². The second kappa shape index (κ2) is 8.30.